The number of imidazole rings is 1. The van der Waals surface area contributed by atoms with Crippen LogP contribution in [0.4, 0.5) is 0 Å². The van der Waals surface area contributed by atoms with Crippen molar-refractivity contribution in [3.05, 3.63) is 30.3 Å². The molecule has 0 radical (unpaired) electrons. The number of aromatic nitrogens is 2. The van der Waals surface area contributed by atoms with Gasteiger partial charge in [0.2, 0.25) is 0 Å². The van der Waals surface area contributed by atoms with Crippen LogP contribution in [0, 0.1) is 6.92 Å². The van der Waals surface area contributed by atoms with Crippen LogP contribution in [-0.4, -0.2) is 9.55 Å². The van der Waals surface area contributed by atoms with Gasteiger partial charge >= 0.3 is 0 Å². The fourth-order valence-corrected chi connectivity index (χ4v) is 1.71. The second-order valence-corrected chi connectivity index (χ2v) is 3.80. The largest absolute Gasteiger partial charge is 0.458 e. The Morgan fingerprint density at radius 2 is 2.29 bits per heavy atom. The van der Waals surface area contributed by atoms with Gasteiger partial charge in [-0.1, -0.05) is 0 Å². The second kappa shape index (κ2) is 2.74. The van der Waals surface area contributed by atoms with Crippen molar-refractivity contribution < 1.29 is 4.42 Å². The van der Waals surface area contributed by atoms with Gasteiger partial charge in [0, 0.05) is 18.4 Å². The summed E-state index contributed by atoms with van der Waals surface area (Å²) in [5, 5.41) is 0. The van der Waals surface area contributed by atoms with Crippen molar-refractivity contribution in [1.82, 2.24) is 9.55 Å². The molecular weight excluding hydrogens is 176 g/mol. The molecule has 0 unspecified atom stereocenters. The van der Waals surface area contributed by atoms with Crippen LogP contribution in [0.2, 0.25) is 0 Å². The average molecular weight is 188 g/mol. The Hall–Kier alpha value is -1.51. The van der Waals surface area contributed by atoms with E-state index in [1.165, 1.54) is 12.8 Å². The summed E-state index contributed by atoms with van der Waals surface area (Å²) in [5.41, 5.74) is 0. The van der Waals surface area contributed by atoms with Gasteiger partial charge in [-0.05, 0) is 31.9 Å². The fraction of sp³-hybridized carbons (Fsp3) is 0.364. The first kappa shape index (κ1) is 7.85. The molecule has 0 aliphatic heterocycles. The number of hydrogen-bond donors (Lipinski definition) is 0. The van der Waals surface area contributed by atoms with Gasteiger partial charge in [0.15, 0.2) is 11.6 Å². The smallest absolute Gasteiger partial charge is 0.176 e. The third-order valence-corrected chi connectivity index (χ3v) is 2.57. The summed E-state index contributed by atoms with van der Waals surface area (Å²) in [4.78, 5) is 4.33. The summed E-state index contributed by atoms with van der Waals surface area (Å²) in [6.45, 7) is 1.95. The molecule has 1 fully saturated rings. The van der Waals surface area contributed by atoms with Crippen molar-refractivity contribution in [2.24, 2.45) is 0 Å². The van der Waals surface area contributed by atoms with E-state index in [2.05, 4.69) is 9.55 Å². The topological polar surface area (TPSA) is 31.0 Å². The Labute approximate surface area is 82.4 Å². The van der Waals surface area contributed by atoms with Crippen LogP contribution >= 0.6 is 0 Å². The molecule has 0 amide bonds. The monoisotopic (exact) mass is 188 g/mol. The molecular formula is C11H12N2O. The molecule has 2 aromatic rings. The lowest BCUT2D eigenvalue weighted by atomic mass is 10.4. The van der Waals surface area contributed by atoms with Crippen molar-refractivity contribution in [2.75, 3.05) is 0 Å². The summed E-state index contributed by atoms with van der Waals surface area (Å²) >= 11 is 0. The molecule has 1 saturated carbocycles. The van der Waals surface area contributed by atoms with E-state index in [-0.39, 0.29) is 0 Å². The van der Waals surface area contributed by atoms with Crippen molar-refractivity contribution >= 4 is 0 Å². The maximum absolute atomic E-state index is 5.56. The van der Waals surface area contributed by atoms with E-state index in [0.29, 0.717) is 6.04 Å². The Bertz CT molecular complexity index is 451. The Balaban J connectivity index is 2.06. The Morgan fingerprint density at radius 1 is 1.43 bits per heavy atom. The molecule has 3 rings (SSSR count). The van der Waals surface area contributed by atoms with Gasteiger partial charge < -0.3 is 8.98 Å². The van der Waals surface area contributed by atoms with Crippen LogP contribution in [-0.2, 0) is 0 Å². The number of rotatable bonds is 2. The summed E-state index contributed by atoms with van der Waals surface area (Å²) in [7, 11) is 0. The van der Waals surface area contributed by atoms with E-state index in [0.717, 1.165) is 17.3 Å². The van der Waals surface area contributed by atoms with Crippen molar-refractivity contribution in [1.29, 1.82) is 0 Å². The minimum atomic E-state index is 0.651. The van der Waals surface area contributed by atoms with Crippen LogP contribution in [0.5, 0.6) is 0 Å². The Kier molecular flexibility index (Phi) is 1.54. The van der Waals surface area contributed by atoms with Gasteiger partial charge in [-0.15, -0.1) is 0 Å². The lowest BCUT2D eigenvalue weighted by molar-refractivity contribution is 0.538. The van der Waals surface area contributed by atoms with Gasteiger partial charge in [-0.2, -0.15) is 0 Å². The summed E-state index contributed by atoms with van der Waals surface area (Å²) in [5.74, 6) is 2.77. The van der Waals surface area contributed by atoms with Crippen LogP contribution < -0.4 is 0 Å². The van der Waals surface area contributed by atoms with E-state index in [1.54, 1.807) is 0 Å². The normalized spacial score (nSPS) is 16.1. The molecule has 0 bridgehead atoms. The molecule has 0 aromatic carbocycles. The predicted octanol–water partition coefficient (Wildman–Crippen LogP) is 2.79. The van der Waals surface area contributed by atoms with Gasteiger partial charge in [-0.25, -0.2) is 4.98 Å². The van der Waals surface area contributed by atoms with E-state index >= 15 is 0 Å². The molecule has 0 saturated heterocycles. The SMILES string of the molecule is Cc1ccc(-c2nccn2C2CC2)o1. The standard InChI is InChI=1S/C11H12N2O/c1-8-2-5-10(14-8)11-12-6-7-13(11)9-3-4-9/h2,5-7,9H,3-4H2,1H3. The fourth-order valence-electron chi connectivity index (χ4n) is 1.71. The van der Waals surface area contributed by atoms with Crippen LogP contribution in [0.25, 0.3) is 11.6 Å². The number of aryl methyl sites for hydroxylation is 1. The van der Waals surface area contributed by atoms with Gasteiger partial charge in [-0.3, -0.25) is 0 Å². The zero-order chi connectivity index (χ0) is 9.54. The van der Waals surface area contributed by atoms with E-state index < -0.39 is 0 Å². The highest BCUT2D eigenvalue weighted by atomic mass is 16.3. The van der Waals surface area contributed by atoms with E-state index in [4.69, 9.17) is 4.42 Å². The third kappa shape index (κ3) is 1.16. The molecule has 0 N–H and O–H groups in total. The van der Waals surface area contributed by atoms with Crippen LogP contribution in [0.15, 0.2) is 28.9 Å². The molecule has 72 valence electrons. The molecule has 1 aliphatic carbocycles. The van der Waals surface area contributed by atoms with Gasteiger partial charge in [0.1, 0.15) is 5.76 Å². The van der Waals surface area contributed by atoms with Crippen molar-refractivity contribution in [3.8, 4) is 11.6 Å². The second-order valence-electron chi connectivity index (χ2n) is 3.80. The predicted molar refractivity (Wildman–Crippen MR) is 52.9 cm³/mol. The summed E-state index contributed by atoms with van der Waals surface area (Å²) < 4.78 is 7.77. The van der Waals surface area contributed by atoms with E-state index in [9.17, 15) is 0 Å². The van der Waals surface area contributed by atoms with Gasteiger partial charge in [0.25, 0.3) is 0 Å². The minimum Gasteiger partial charge on any atom is -0.458 e. The van der Waals surface area contributed by atoms with Crippen molar-refractivity contribution in [3.63, 3.8) is 0 Å². The van der Waals surface area contributed by atoms with Crippen LogP contribution in [0.1, 0.15) is 24.6 Å². The maximum atomic E-state index is 5.56. The number of hydrogen-bond acceptors (Lipinski definition) is 2. The summed E-state index contributed by atoms with van der Waals surface area (Å²) in [6, 6.07) is 4.61. The highest BCUT2D eigenvalue weighted by Gasteiger charge is 2.26. The highest BCUT2D eigenvalue weighted by Crippen LogP contribution is 2.37. The average Bonchev–Trinajstić information content (AvgIpc) is 2.75. The Morgan fingerprint density at radius 3 is 2.93 bits per heavy atom. The number of nitrogens with zero attached hydrogens (tertiary/aromatic N) is 2. The van der Waals surface area contributed by atoms with Crippen LogP contribution in [0.3, 0.4) is 0 Å². The molecule has 1 aliphatic rings. The first-order valence-electron chi connectivity index (χ1n) is 4.94. The third-order valence-electron chi connectivity index (χ3n) is 2.57. The lowest BCUT2D eigenvalue weighted by Crippen LogP contribution is -1.94. The molecule has 0 spiro atoms. The molecule has 2 aromatic heterocycles. The molecule has 3 heteroatoms. The first-order valence-corrected chi connectivity index (χ1v) is 4.94. The highest BCUT2D eigenvalue weighted by molar-refractivity contribution is 5.48. The molecule has 0 atom stereocenters. The molecule has 14 heavy (non-hydrogen) atoms. The van der Waals surface area contributed by atoms with Gasteiger partial charge in [0.05, 0.1) is 0 Å². The minimum absolute atomic E-state index is 0.651. The maximum Gasteiger partial charge on any atom is 0.176 e. The first-order chi connectivity index (χ1) is 6.84. The zero-order valence-corrected chi connectivity index (χ0v) is 8.10. The summed E-state index contributed by atoms with van der Waals surface area (Å²) in [6.07, 6.45) is 6.41. The molecule has 3 nitrogen and oxygen atoms in total. The lowest BCUT2D eigenvalue weighted by Gasteiger charge is -2.02. The van der Waals surface area contributed by atoms with Crippen molar-refractivity contribution in [2.45, 2.75) is 25.8 Å². The molecule has 2 heterocycles. The number of furan rings is 1. The zero-order valence-electron chi connectivity index (χ0n) is 8.10. The van der Waals surface area contributed by atoms with E-state index in [1.807, 2.05) is 31.5 Å². The quantitative estimate of drug-likeness (QED) is 0.725.